The molecule has 31 nitrogen and oxygen atoms in total. The molecule has 89 heavy (non-hydrogen) atoms. The quantitative estimate of drug-likeness (QED) is 0.0567. The molecule has 0 aromatic carbocycles. The Labute approximate surface area is 514 Å². The zero-order valence-corrected chi connectivity index (χ0v) is 50.6. The van der Waals surface area contributed by atoms with Gasteiger partial charge >= 0.3 is 0 Å². The van der Waals surface area contributed by atoms with Crippen molar-refractivity contribution in [1.82, 2.24) is 0 Å². The number of ether oxygens (including phenoxy) is 13. The van der Waals surface area contributed by atoms with Crippen LogP contribution >= 0.6 is 0 Å². The minimum Gasteiger partial charge on any atom is -0.394 e. The van der Waals surface area contributed by atoms with Gasteiger partial charge in [-0.1, -0.05) is 25.5 Å². The Hall–Kier alpha value is -1.50. The summed E-state index contributed by atoms with van der Waals surface area (Å²) in [6, 6.07) is 0. The summed E-state index contributed by atoms with van der Waals surface area (Å²) < 4.78 is 76.4. The number of fused-ring (bicyclic) bond motifs is 5. The van der Waals surface area contributed by atoms with Crippen LogP contribution in [-0.4, -0.2) is 327 Å². The molecule has 9 fully saturated rings. The summed E-state index contributed by atoms with van der Waals surface area (Å²) in [6.45, 7) is 6.78. The maximum atomic E-state index is 13.1. The lowest BCUT2D eigenvalue weighted by Crippen LogP contribution is -2.65. The molecule has 0 bridgehead atoms. The highest BCUT2D eigenvalue weighted by molar-refractivity contribution is 5.28. The van der Waals surface area contributed by atoms with Gasteiger partial charge in [0.25, 0.3) is 0 Å². The van der Waals surface area contributed by atoms with Crippen molar-refractivity contribution < 1.29 is 153 Å². The van der Waals surface area contributed by atoms with Crippen LogP contribution in [0.5, 0.6) is 0 Å². The number of methoxy groups -OCH3 is 1. The largest absolute Gasteiger partial charge is 0.394 e. The van der Waals surface area contributed by atoms with Crippen molar-refractivity contribution in [3.8, 4) is 0 Å². The minimum atomic E-state index is -1.84. The standard InChI is InChI=1S/C58H96O31/c1-20(81-53-45(73)40(68)35(63)30(87-53)18-80-52-44(72)39(67)34(62)29(86-52)17-78-50-42(70)37(65)32(60)21(2)82-50)25-11-14-58(76)27-8-7-23-15-24(9-12-56(23,4)26(27)10-13-57(25,58)5)84-55-47(75)49(77-6)48(22(3)83-55)89-54-46(74)41(69)36(64)31(88-54)19-79-51-43(71)38(66)33(61)28(16-59)85-51/h7,20-22,24-55,59-76H,8-19H2,1-6H3. The molecule has 0 radical (unpaired) electrons. The van der Waals surface area contributed by atoms with E-state index in [0.29, 0.717) is 44.9 Å². The van der Waals surface area contributed by atoms with Gasteiger partial charge in [-0.15, -0.1) is 0 Å². The molecule has 31 heteroatoms. The predicted molar refractivity (Wildman–Crippen MR) is 292 cm³/mol. The van der Waals surface area contributed by atoms with Gasteiger partial charge in [0.05, 0.1) is 56.4 Å². The molecule has 6 saturated heterocycles. The lowest BCUT2D eigenvalue weighted by molar-refractivity contribution is -0.366. The van der Waals surface area contributed by atoms with E-state index in [1.54, 1.807) is 6.92 Å². The van der Waals surface area contributed by atoms with Crippen molar-refractivity contribution in [1.29, 1.82) is 0 Å². The maximum absolute atomic E-state index is 13.1. The fourth-order valence-electron chi connectivity index (χ4n) is 16.2. The van der Waals surface area contributed by atoms with E-state index in [0.717, 1.165) is 6.42 Å². The fourth-order valence-corrected chi connectivity index (χ4v) is 16.2. The normalized spacial score (nSPS) is 55.0. The van der Waals surface area contributed by atoms with Gasteiger partial charge in [-0.2, -0.15) is 0 Å². The molecule has 38 atom stereocenters. The Balaban J connectivity index is 0.724. The van der Waals surface area contributed by atoms with E-state index in [9.17, 15) is 91.9 Å². The first-order valence-electron chi connectivity index (χ1n) is 31.2. The number of aliphatic hydroxyl groups is 18. The van der Waals surface area contributed by atoms with Gasteiger partial charge < -0.3 is 153 Å². The molecule has 18 N–H and O–H groups in total. The van der Waals surface area contributed by atoms with Crippen LogP contribution in [-0.2, 0) is 61.6 Å². The first-order valence-corrected chi connectivity index (χ1v) is 31.2. The van der Waals surface area contributed by atoms with E-state index in [1.165, 1.54) is 19.6 Å². The third-order valence-corrected chi connectivity index (χ3v) is 21.8. The average Bonchev–Trinajstić information content (AvgIpc) is 1.66. The van der Waals surface area contributed by atoms with E-state index in [4.69, 9.17) is 61.6 Å². The molecular formula is C58H96O31. The summed E-state index contributed by atoms with van der Waals surface area (Å²) in [5.41, 5.74) is -0.947. The van der Waals surface area contributed by atoms with E-state index in [1.807, 2.05) is 6.92 Å². The first-order chi connectivity index (χ1) is 42.0. The van der Waals surface area contributed by atoms with Gasteiger partial charge in [-0.05, 0) is 95.3 Å². The maximum Gasteiger partial charge on any atom is 0.187 e. The minimum absolute atomic E-state index is 0.0890. The van der Waals surface area contributed by atoms with Gasteiger partial charge in [0, 0.05) is 12.5 Å². The van der Waals surface area contributed by atoms with Gasteiger partial charge in [0.2, 0.25) is 0 Å². The first kappa shape index (κ1) is 70.3. The average molecular weight is 1290 g/mol. The number of aliphatic hydroxyl groups excluding tert-OH is 17. The molecule has 0 aromatic rings. The molecule has 38 unspecified atom stereocenters. The van der Waals surface area contributed by atoms with Crippen LogP contribution in [0.1, 0.15) is 86.0 Å². The highest BCUT2D eigenvalue weighted by atomic mass is 16.8. The number of allylic oxidation sites excluding steroid dienone is 1. The highest BCUT2D eigenvalue weighted by Crippen LogP contribution is 2.69. The third kappa shape index (κ3) is 13.1. The topological polar surface area (TPSA) is 484 Å². The Morgan fingerprint density at radius 3 is 1.49 bits per heavy atom. The molecule has 0 amide bonds. The monoisotopic (exact) mass is 1290 g/mol. The van der Waals surface area contributed by atoms with E-state index >= 15 is 0 Å². The van der Waals surface area contributed by atoms with Crippen LogP contribution in [0.15, 0.2) is 11.6 Å². The Bertz CT molecular complexity index is 2350. The van der Waals surface area contributed by atoms with E-state index < -0.39 is 234 Å². The molecule has 3 saturated carbocycles. The third-order valence-electron chi connectivity index (χ3n) is 21.8. The smallest absolute Gasteiger partial charge is 0.187 e. The molecule has 4 aliphatic carbocycles. The summed E-state index contributed by atoms with van der Waals surface area (Å²) in [5, 5.41) is 194. The van der Waals surface area contributed by atoms with Gasteiger partial charge in [-0.25, -0.2) is 0 Å². The SMILES string of the molecule is COC1C(O)C(OC2CCC3(C)C(=CCC4C3CCC3(C)C(C(C)OC5OC(COC6OC(COC7OC(C)C(O)C(O)C7O)C(O)C(O)C6O)C(O)C(O)C5O)CCC43O)C2)OC(C)C1OC1OC(COC2OC(CO)C(O)C(O)C2O)C(O)C(O)C1O. The summed E-state index contributed by atoms with van der Waals surface area (Å²) in [5.74, 6) is -0.300. The number of hydrogen-bond acceptors (Lipinski definition) is 31. The second-order valence-electron chi connectivity index (χ2n) is 26.9. The number of rotatable bonds is 18. The van der Waals surface area contributed by atoms with Crippen LogP contribution in [0.25, 0.3) is 0 Å². The second kappa shape index (κ2) is 27.9. The van der Waals surface area contributed by atoms with Crippen molar-refractivity contribution in [3.05, 3.63) is 11.6 Å². The molecule has 0 spiro atoms. The summed E-state index contributed by atoms with van der Waals surface area (Å²) in [4.78, 5) is 0. The van der Waals surface area contributed by atoms with Gasteiger partial charge in [0.1, 0.15) is 134 Å². The Kier molecular flexibility index (Phi) is 22.1. The lowest BCUT2D eigenvalue weighted by atomic mass is 9.45. The predicted octanol–water partition coefficient (Wildman–Crippen LogP) is -6.92. The van der Waals surface area contributed by atoms with Crippen LogP contribution < -0.4 is 0 Å². The van der Waals surface area contributed by atoms with E-state index in [-0.39, 0.29) is 23.2 Å². The van der Waals surface area contributed by atoms with Gasteiger partial charge in [0.15, 0.2) is 37.7 Å². The molecular weight excluding hydrogens is 1190 g/mol. The van der Waals surface area contributed by atoms with Crippen molar-refractivity contribution >= 4 is 0 Å². The Morgan fingerprint density at radius 2 is 0.944 bits per heavy atom. The van der Waals surface area contributed by atoms with Crippen LogP contribution in [0.3, 0.4) is 0 Å². The number of hydrogen-bond donors (Lipinski definition) is 18. The van der Waals surface area contributed by atoms with Crippen LogP contribution in [0.4, 0.5) is 0 Å². The molecule has 514 valence electrons. The summed E-state index contributed by atoms with van der Waals surface area (Å²) >= 11 is 0. The lowest BCUT2D eigenvalue weighted by Gasteiger charge is -2.61. The molecule has 0 aromatic heterocycles. The molecule has 6 heterocycles. The van der Waals surface area contributed by atoms with E-state index in [2.05, 4.69) is 19.9 Å². The van der Waals surface area contributed by atoms with Crippen molar-refractivity contribution in [2.24, 2.45) is 28.6 Å². The highest BCUT2D eigenvalue weighted by Gasteiger charge is 2.68. The van der Waals surface area contributed by atoms with Crippen molar-refractivity contribution in [3.63, 3.8) is 0 Å². The van der Waals surface area contributed by atoms with Crippen molar-refractivity contribution in [2.75, 3.05) is 33.5 Å². The Morgan fingerprint density at radius 1 is 0.483 bits per heavy atom. The molecule has 10 aliphatic rings. The second-order valence-corrected chi connectivity index (χ2v) is 26.9. The van der Waals surface area contributed by atoms with Gasteiger partial charge in [-0.3, -0.25) is 0 Å². The fraction of sp³-hybridized carbons (Fsp3) is 0.966. The summed E-state index contributed by atoms with van der Waals surface area (Å²) in [6.07, 6.45) is -39.9. The van der Waals surface area contributed by atoms with Crippen LogP contribution in [0, 0.1) is 28.6 Å². The zero-order valence-electron chi connectivity index (χ0n) is 50.6. The van der Waals surface area contributed by atoms with Crippen LogP contribution in [0.2, 0.25) is 0 Å². The summed E-state index contributed by atoms with van der Waals surface area (Å²) in [7, 11) is 1.35. The molecule has 6 aliphatic heterocycles. The zero-order chi connectivity index (χ0) is 64.7. The van der Waals surface area contributed by atoms with Crippen molar-refractivity contribution in [2.45, 2.75) is 288 Å². The molecule has 10 rings (SSSR count).